The summed E-state index contributed by atoms with van der Waals surface area (Å²) in [5, 5.41) is -0.0434. The summed E-state index contributed by atoms with van der Waals surface area (Å²) in [6.07, 6.45) is 2.81. The van der Waals surface area contributed by atoms with E-state index < -0.39 is 11.6 Å². The number of rotatable bonds is 3. The highest BCUT2D eigenvalue weighted by Crippen LogP contribution is 2.20. The molecule has 1 aromatic carbocycles. The van der Waals surface area contributed by atoms with Crippen LogP contribution in [0.15, 0.2) is 18.2 Å². The van der Waals surface area contributed by atoms with E-state index in [4.69, 9.17) is 5.73 Å². The van der Waals surface area contributed by atoms with E-state index >= 15 is 0 Å². The molecule has 0 aliphatic rings. The molecule has 2 N–H and O–H groups in total. The van der Waals surface area contributed by atoms with Gasteiger partial charge in [0.05, 0.1) is 5.69 Å². The Bertz CT molecular complexity index is 432. The van der Waals surface area contributed by atoms with Gasteiger partial charge in [0.25, 0.3) is 0 Å². The number of nitrogen functional groups attached to an aromatic ring is 1. The number of nitrogens with two attached hydrogens (primary N) is 1. The van der Waals surface area contributed by atoms with Crippen LogP contribution in [-0.2, 0) is 4.79 Å². The molecule has 0 saturated heterocycles. The fourth-order valence-electron chi connectivity index (χ4n) is 1.07. The second-order valence-electron chi connectivity index (χ2n) is 3.07. The Morgan fingerprint density at radius 2 is 2.19 bits per heavy atom. The van der Waals surface area contributed by atoms with Crippen molar-refractivity contribution in [2.45, 2.75) is 6.92 Å². The highest BCUT2D eigenvalue weighted by atomic mass is 32.2. The van der Waals surface area contributed by atoms with Crippen molar-refractivity contribution in [3.05, 3.63) is 35.4 Å². The largest absolute Gasteiger partial charge is 0.396 e. The number of halogens is 2. The highest BCUT2D eigenvalue weighted by Gasteiger charge is 2.08. The number of benzene rings is 1. The van der Waals surface area contributed by atoms with E-state index in [2.05, 4.69) is 0 Å². The third-order valence-corrected chi connectivity index (χ3v) is 2.59. The molecule has 0 radical (unpaired) electrons. The molecule has 0 heterocycles. The van der Waals surface area contributed by atoms with Crippen molar-refractivity contribution in [3.63, 3.8) is 0 Å². The van der Waals surface area contributed by atoms with Crippen molar-refractivity contribution in [1.29, 1.82) is 0 Å². The summed E-state index contributed by atoms with van der Waals surface area (Å²) in [6.45, 7) is 1.43. The van der Waals surface area contributed by atoms with E-state index in [-0.39, 0.29) is 16.4 Å². The van der Waals surface area contributed by atoms with Gasteiger partial charge in [0.1, 0.15) is 5.82 Å². The van der Waals surface area contributed by atoms with Gasteiger partial charge in [-0.1, -0.05) is 23.9 Å². The minimum Gasteiger partial charge on any atom is -0.396 e. The Labute approximate surface area is 96.5 Å². The van der Waals surface area contributed by atoms with Gasteiger partial charge < -0.3 is 5.73 Å². The van der Waals surface area contributed by atoms with Crippen LogP contribution in [-0.4, -0.2) is 10.9 Å². The number of carbonyl (C=O) groups excluding carboxylic acids is 1. The maximum Gasteiger partial charge on any atom is 0.186 e. The molecule has 86 valence electrons. The van der Waals surface area contributed by atoms with Gasteiger partial charge >= 0.3 is 0 Å². The molecule has 0 amide bonds. The first-order valence-corrected chi connectivity index (χ1v) is 5.54. The summed E-state index contributed by atoms with van der Waals surface area (Å²) in [6, 6.07) is 2.28. The van der Waals surface area contributed by atoms with Crippen LogP contribution in [0, 0.1) is 11.6 Å². The molecule has 0 bridgehead atoms. The van der Waals surface area contributed by atoms with Crippen molar-refractivity contribution >= 4 is 28.6 Å². The molecule has 2 nitrogen and oxygen atoms in total. The maximum atomic E-state index is 13.4. The van der Waals surface area contributed by atoms with Gasteiger partial charge in [-0.2, -0.15) is 0 Å². The van der Waals surface area contributed by atoms with E-state index in [1.165, 1.54) is 25.1 Å². The van der Waals surface area contributed by atoms with Crippen LogP contribution >= 0.6 is 11.8 Å². The van der Waals surface area contributed by atoms with E-state index in [0.29, 0.717) is 5.75 Å². The third kappa shape index (κ3) is 3.34. The Morgan fingerprint density at radius 3 is 2.81 bits per heavy atom. The molecule has 0 saturated carbocycles. The molecule has 0 aliphatic heterocycles. The van der Waals surface area contributed by atoms with Gasteiger partial charge in [0, 0.05) is 18.2 Å². The smallest absolute Gasteiger partial charge is 0.186 e. The minimum atomic E-state index is -0.774. The molecular weight excluding hydrogens is 232 g/mol. The van der Waals surface area contributed by atoms with Crippen LogP contribution in [0.3, 0.4) is 0 Å². The second kappa shape index (κ2) is 5.65. The van der Waals surface area contributed by atoms with Gasteiger partial charge in [-0.15, -0.1) is 0 Å². The molecule has 0 fully saturated rings. The van der Waals surface area contributed by atoms with Crippen LogP contribution in [0.4, 0.5) is 14.5 Å². The van der Waals surface area contributed by atoms with Gasteiger partial charge in [0.2, 0.25) is 0 Å². The quantitative estimate of drug-likeness (QED) is 0.830. The average molecular weight is 243 g/mol. The van der Waals surface area contributed by atoms with Crippen molar-refractivity contribution in [2.75, 3.05) is 11.5 Å². The predicted molar refractivity (Wildman–Crippen MR) is 62.9 cm³/mol. The number of hydrogen-bond donors (Lipinski definition) is 1. The van der Waals surface area contributed by atoms with Crippen molar-refractivity contribution in [1.82, 2.24) is 0 Å². The van der Waals surface area contributed by atoms with Crippen LogP contribution in [0.2, 0.25) is 0 Å². The minimum absolute atomic E-state index is 0.0434. The first-order valence-electron chi connectivity index (χ1n) is 4.55. The maximum absolute atomic E-state index is 13.4. The lowest BCUT2D eigenvalue weighted by Gasteiger charge is -2.02. The summed E-state index contributed by atoms with van der Waals surface area (Å²) in [5.41, 5.74) is 5.03. The molecule has 5 heteroatoms. The van der Waals surface area contributed by atoms with Gasteiger partial charge in [0.15, 0.2) is 10.9 Å². The van der Waals surface area contributed by atoms with Gasteiger partial charge in [-0.3, -0.25) is 4.79 Å². The lowest BCUT2D eigenvalue weighted by atomic mass is 10.1. The van der Waals surface area contributed by atoms with E-state index in [0.717, 1.165) is 17.8 Å². The molecule has 16 heavy (non-hydrogen) atoms. The fraction of sp³-hybridized carbons (Fsp3) is 0.182. The normalized spacial score (nSPS) is 10.9. The zero-order chi connectivity index (χ0) is 12.1. The van der Waals surface area contributed by atoms with E-state index in [9.17, 15) is 13.6 Å². The first kappa shape index (κ1) is 12.7. The Balaban J connectivity index is 2.80. The number of thioether (sulfide) groups is 1. The third-order valence-electron chi connectivity index (χ3n) is 1.82. The Kier molecular flexibility index (Phi) is 4.49. The summed E-state index contributed by atoms with van der Waals surface area (Å²) in [4.78, 5) is 10.6. The molecule has 0 unspecified atom stereocenters. The summed E-state index contributed by atoms with van der Waals surface area (Å²) >= 11 is 1.06. The summed E-state index contributed by atoms with van der Waals surface area (Å²) < 4.78 is 26.6. The molecule has 0 aromatic heterocycles. The highest BCUT2D eigenvalue weighted by molar-refractivity contribution is 8.13. The molecule has 0 spiro atoms. The molecule has 0 atom stereocenters. The van der Waals surface area contributed by atoms with Crippen LogP contribution in [0.1, 0.15) is 12.5 Å². The van der Waals surface area contributed by atoms with E-state index in [1.807, 2.05) is 0 Å². The predicted octanol–water partition coefficient (Wildman–Crippen LogP) is 2.84. The Hall–Kier alpha value is -1.36. The van der Waals surface area contributed by atoms with Crippen molar-refractivity contribution in [3.8, 4) is 0 Å². The standard InChI is InChI=1S/C11H11F2NOS/c1-7(15)16-6-2-3-8-9(12)4-5-10(14)11(8)13/h2-5H,6,14H2,1H3. The zero-order valence-electron chi connectivity index (χ0n) is 8.67. The lowest BCUT2D eigenvalue weighted by molar-refractivity contribution is -0.109. The lowest BCUT2D eigenvalue weighted by Crippen LogP contribution is -1.96. The number of hydrogen-bond acceptors (Lipinski definition) is 3. The van der Waals surface area contributed by atoms with Crippen molar-refractivity contribution in [2.24, 2.45) is 0 Å². The van der Waals surface area contributed by atoms with E-state index in [1.54, 1.807) is 0 Å². The fourth-order valence-corrected chi connectivity index (χ4v) is 1.50. The van der Waals surface area contributed by atoms with Gasteiger partial charge in [-0.05, 0) is 12.1 Å². The van der Waals surface area contributed by atoms with Crippen LogP contribution in [0.25, 0.3) is 6.08 Å². The SMILES string of the molecule is CC(=O)SCC=Cc1c(F)ccc(N)c1F. The van der Waals surface area contributed by atoms with Crippen molar-refractivity contribution < 1.29 is 13.6 Å². The second-order valence-corrected chi connectivity index (χ2v) is 4.27. The topological polar surface area (TPSA) is 43.1 Å². The molecule has 1 rings (SSSR count). The monoisotopic (exact) mass is 243 g/mol. The van der Waals surface area contributed by atoms with Crippen LogP contribution < -0.4 is 5.73 Å². The Morgan fingerprint density at radius 1 is 1.50 bits per heavy atom. The molecular formula is C11H11F2NOS. The van der Waals surface area contributed by atoms with Crippen LogP contribution in [0.5, 0.6) is 0 Å². The zero-order valence-corrected chi connectivity index (χ0v) is 9.48. The summed E-state index contributed by atoms with van der Waals surface area (Å²) in [7, 11) is 0. The number of carbonyl (C=O) groups is 1. The van der Waals surface area contributed by atoms with Gasteiger partial charge in [-0.25, -0.2) is 8.78 Å². The summed E-state index contributed by atoms with van der Waals surface area (Å²) in [5.74, 6) is -1.07. The molecule has 1 aromatic rings. The first-order chi connectivity index (χ1) is 7.52. The average Bonchev–Trinajstić information content (AvgIpc) is 2.22. The molecule has 0 aliphatic carbocycles. The number of anilines is 1.